The lowest BCUT2D eigenvalue weighted by atomic mass is 10.0. The topological polar surface area (TPSA) is 88.0 Å². The van der Waals surface area contributed by atoms with E-state index in [1.54, 1.807) is 6.20 Å². The smallest absolute Gasteiger partial charge is 0.103 e. The molecule has 0 spiro atoms. The maximum absolute atomic E-state index is 9.90. The number of benzene rings is 3. The summed E-state index contributed by atoms with van der Waals surface area (Å²) >= 11 is 6.77. The van der Waals surface area contributed by atoms with E-state index in [0.29, 0.717) is 21.8 Å². The molecule has 0 fully saturated rings. The summed E-state index contributed by atoms with van der Waals surface area (Å²) < 4.78 is 0. The number of fused-ring (bicyclic) bond motifs is 1. The summed E-state index contributed by atoms with van der Waals surface area (Å²) in [4.78, 5) is 4.51. The van der Waals surface area contributed by atoms with Crippen LogP contribution >= 0.6 is 11.6 Å². The minimum absolute atomic E-state index is 0.0257. The highest BCUT2D eigenvalue weighted by Gasteiger charge is 2.24. The average molecular weight is 524 g/mol. The summed E-state index contributed by atoms with van der Waals surface area (Å²) in [6.45, 7) is 6.31. The van der Waals surface area contributed by atoms with Gasteiger partial charge in [-0.05, 0) is 44.0 Å². The number of nitrogens with one attached hydrogen (secondary N) is 4. The summed E-state index contributed by atoms with van der Waals surface area (Å²) in [7, 11) is 0. The van der Waals surface area contributed by atoms with Gasteiger partial charge in [-0.15, -0.1) is 5.53 Å². The standard InChI is InChI=1S/C30H30ClN7/c1-19(2)38-18-27(36-37-38)29(22-12-8-5-9-13-22)35-24-14-25-28(34-20(3)21-10-6-4-7-11-21)23(16-32)17-33-30(25)26(31)15-24/h4-15,17-20,29,35-37H,1-3H3,(H,33,34)/t20-,29+/m1/s1. The van der Waals surface area contributed by atoms with Gasteiger partial charge in [-0.1, -0.05) is 72.3 Å². The molecule has 38 heavy (non-hydrogen) atoms. The van der Waals surface area contributed by atoms with Gasteiger partial charge in [0.1, 0.15) is 6.07 Å². The first kappa shape index (κ1) is 25.4. The molecule has 8 heteroatoms. The molecule has 4 aromatic rings. The van der Waals surface area contributed by atoms with E-state index >= 15 is 0 Å². The van der Waals surface area contributed by atoms with Gasteiger partial charge in [-0.25, -0.2) is 0 Å². The molecule has 4 N–H and O–H groups in total. The lowest BCUT2D eigenvalue weighted by Gasteiger charge is -2.23. The molecule has 7 nitrogen and oxygen atoms in total. The minimum Gasteiger partial charge on any atom is -0.377 e. The number of nitrogens with zero attached hydrogens (tertiary/aromatic N) is 3. The predicted octanol–water partition coefficient (Wildman–Crippen LogP) is 6.66. The summed E-state index contributed by atoms with van der Waals surface area (Å²) in [6, 6.07) is 26.6. The average Bonchev–Trinajstić information content (AvgIpc) is 3.43. The molecule has 192 valence electrons. The molecular weight excluding hydrogens is 494 g/mol. The van der Waals surface area contributed by atoms with Crippen LogP contribution in [0.3, 0.4) is 0 Å². The van der Waals surface area contributed by atoms with Gasteiger partial charge in [-0.2, -0.15) is 5.26 Å². The van der Waals surface area contributed by atoms with Crippen molar-refractivity contribution in [3.63, 3.8) is 0 Å². The Labute approximate surface area is 228 Å². The third kappa shape index (κ3) is 5.23. The second kappa shape index (κ2) is 11.0. The van der Waals surface area contributed by atoms with Crippen molar-refractivity contribution in [3.05, 3.63) is 113 Å². The van der Waals surface area contributed by atoms with Crippen LogP contribution in [0.1, 0.15) is 49.5 Å². The zero-order valence-corrected chi connectivity index (χ0v) is 22.3. The van der Waals surface area contributed by atoms with Gasteiger partial charge in [0.15, 0.2) is 0 Å². The van der Waals surface area contributed by atoms with Crippen LogP contribution in [0, 0.1) is 11.3 Å². The molecule has 2 heterocycles. The Hall–Kier alpha value is -4.25. The van der Waals surface area contributed by atoms with E-state index in [9.17, 15) is 5.26 Å². The van der Waals surface area contributed by atoms with Crippen molar-refractivity contribution in [3.8, 4) is 6.07 Å². The third-order valence-corrected chi connectivity index (χ3v) is 6.91. The molecule has 0 unspecified atom stereocenters. The Bertz CT molecular complexity index is 1500. The van der Waals surface area contributed by atoms with Crippen LogP contribution in [0.25, 0.3) is 10.9 Å². The monoisotopic (exact) mass is 523 g/mol. The normalized spacial score (nSPS) is 14.5. The molecule has 0 amide bonds. The van der Waals surface area contributed by atoms with Crippen LogP contribution in [-0.4, -0.2) is 16.0 Å². The molecular formula is C30H30ClN7. The first-order chi connectivity index (χ1) is 18.4. The predicted molar refractivity (Wildman–Crippen MR) is 154 cm³/mol. The van der Waals surface area contributed by atoms with Crippen LogP contribution in [-0.2, 0) is 0 Å². The Morgan fingerprint density at radius 1 is 0.947 bits per heavy atom. The third-order valence-electron chi connectivity index (χ3n) is 6.62. The van der Waals surface area contributed by atoms with Crippen molar-refractivity contribution in [2.24, 2.45) is 0 Å². The Balaban J connectivity index is 1.56. The second-order valence-corrected chi connectivity index (χ2v) is 10.0. The van der Waals surface area contributed by atoms with Crippen LogP contribution in [0.2, 0.25) is 5.02 Å². The quantitative estimate of drug-likeness (QED) is 0.205. The van der Waals surface area contributed by atoms with Crippen LogP contribution < -0.4 is 21.6 Å². The van der Waals surface area contributed by atoms with E-state index < -0.39 is 0 Å². The number of pyridine rings is 1. The molecule has 0 aliphatic carbocycles. The number of halogens is 1. The Kier molecular flexibility index (Phi) is 7.36. The van der Waals surface area contributed by atoms with Gasteiger partial charge in [0.25, 0.3) is 0 Å². The second-order valence-electron chi connectivity index (χ2n) is 9.60. The lowest BCUT2D eigenvalue weighted by molar-refractivity contribution is 0.221. The molecule has 1 aliphatic heterocycles. The van der Waals surface area contributed by atoms with Crippen LogP contribution in [0.4, 0.5) is 11.4 Å². The fourth-order valence-corrected chi connectivity index (χ4v) is 4.81. The van der Waals surface area contributed by atoms with E-state index in [1.807, 2.05) is 53.5 Å². The first-order valence-electron chi connectivity index (χ1n) is 12.6. The van der Waals surface area contributed by atoms with Gasteiger partial charge in [-0.3, -0.25) is 9.99 Å². The molecule has 0 bridgehead atoms. The maximum Gasteiger partial charge on any atom is 0.103 e. The Morgan fingerprint density at radius 2 is 1.63 bits per heavy atom. The molecule has 0 saturated heterocycles. The van der Waals surface area contributed by atoms with Gasteiger partial charge in [0.05, 0.1) is 33.5 Å². The number of hydrogen-bond acceptors (Lipinski definition) is 7. The largest absolute Gasteiger partial charge is 0.377 e. The zero-order valence-electron chi connectivity index (χ0n) is 21.5. The molecule has 1 aromatic heterocycles. The highest BCUT2D eigenvalue weighted by atomic mass is 35.5. The maximum atomic E-state index is 9.90. The van der Waals surface area contributed by atoms with E-state index in [1.165, 1.54) is 0 Å². The molecule has 2 atom stereocenters. The van der Waals surface area contributed by atoms with Crippen molar-refractivity contribution < 1.29 is 0 Å². The van der Waals surface area contributed by atoms with E-state index in [4.69, 9.17) is 11.6 Å². The summed E-state index contributed by atoms with van der Waals surface area (Å²) in [6.07, 6.45) is 3.65. The van der Waals surface area contributed by atoms with Gasteiger partial charge in [0, 0.05) is 35.6 Å². The number of aromatic nitrogens is 1. The molecule has 3 aromatic carbocycles. The van der Waals surface area contributed by atoms with Gasteiger partial charge >= 0.3 is 0 Å². The zero-order chi connectivity index (χ0) is 26.6. The SMILES string of the molecule is CC(C)N1C=C([C@@H](Nc2cc(Cl)c3ncc(C#N)c(N[C@H](C)c4ccccc4)c3c2)c2ccccc2)NN1. The van der Waals surface area contributed by atoms with Crippen molar-refractivity contribution >= 4 is 33.9 Å². The Morgan fingerprint density at radius 3 is 2.26 bits per heavy atom. The first-order valence-corrected chi connectivity index (χ1v) is 13.0. The summed E-state index contributed by atoms with van der Waals surface area (Å²) in [5, 5.41) is 20.4. The van der Waals surface area contributed by atoms with Crippen molar-refractivity contribution in [2.75, 3.05) is 10.6 Å². The van der Waals surface area contributed by atoms with Gasteiger partial charge < -0.3 is 16.1 Å². The molecule has 0 radical (unpaired) electrons. The van der Waals surface area contributed by atoms with Crippen LogP contribution in [0.5, 0.6) is 0 Å². The number of anilines is 2. The summed E-state index contributed by atoms with van der Waals surface area (Å²) in [5.41, 5.74) is 12.3. The van der Waals surface area contributed by atoms with Crippen molar-refractivity contribution in [1.29, 1.82) is 5.26 Å². The van der Waals surface area contributed by atoms with E-state index in [0.717, 1.165) is 27.9 Å². The minimum atomic E-state index is -0.173. The van der Waals surface area contributed by atoms with E-state index in [-0.39, 0.29) is 18.1 Å². The van der Waals surface area contributed by atoms with Crippen molar-refractivity contribution in [2.45, 2.75) is 38.9 Å². The summed E-state index contributed by atoms with van der Waals surface area (Å²) in [5.74, 6) is 0. The molecule has 1 aliphatic rings. The number of rotatable bonds is 8. The molecule has 0 saturated carbocycles. The fraction of sp³-hybridized carbons (Fsp3) is 0.200. The lowest BCUT2D eigenvalue weighted by Crippen LogP contribution is -2.41. The van der Waals surface area contributed by atoms with E-state index in [2.05, 4.69) is 83.9 Å². The van der Waals surface area contributed by atoms with Gasteiger partial charge in [0.2, 0.25) is 0 Å². The fourth-order valence-electron chi connectivity index (χ4n) is 4.55. The highest BCUT2D eigenvalue weighted by molar-refractivity contribution is 6.35. The van der Waals surface area contributed by atoms with Crippen LogP contribution in [0.15, 0.2) is 90.9 Å². The number of hydrogen-bond donors (Lipinski definition) is 4. The van der Waals surface area contributed by atoms with Crippen molar-refractivity contribution in [1.82, 2.24) is 21.0 Å². The number of hydrazine groups is 2. The highest BCUT2D eigenvalue weighted by Crippen LogP contribution is 2.37. The molecule has 5 rings (SSSR count). The number of nitriles is 1.